The van der Waals surface area contributed by atoms with Crippen molar-refractivity contribution in [2.24, 2.45) is 0 Å². The number of amides is 1. The maximum absolute atomic E-state index is 12.1. The summed E-state index contributed by atoms with van der Waals surface area (Å²) in [6.45, 7) is 1.48. The zero-order chi connectivity index (χ0) is 15.2. The van der Waals surface area contributed by atoms with Crippen molar-refractivity contribution in [2.75, 3.05) is 11.9 Å². The van der Waals surface area contributed by atoms with E-state index in [1.54, 1.807) is 36.4 Å². The molecule has 0 fully saturated rings. The molecule has 0 radical (unpaired) electrons. The third-order valence-electron chi connectivity index (χ3n) is 2.80. The first-order valence-corrected chi connectivity index (χ1v) is 6.38. The summed E-state index contributed by atoms with van der Waals surface area (Å²) in [5, 5.41) is 11.4. The molecule has 2 rings (SSSR count). The molecule has 0 unspecified atom stereocenters. The number of aryl methyl sites for hydroxylation is 1. The second-order valence-corrected chi connectivity index (χ2v) is 4.50. The van der Waals surface area contributed by atoms with Gasteiger partial charge in [-0.3, -0.25) is 4.79 Å². The summed E-state index contributed by atoms with van der Waals surface area (Å²) in [4.78, 5) is 22.7. The molecule has 5 nitrogen and oxygen atoms in total. The highest BCUT2D eigenvalue weighted by Crippen LogP contribution is 2.24. The Balaban J connectivity index is 2.13. The molecular formula is C16H15NO4. The lowest BCUT2D eigenvalue weighted by molar-refractivity contribution is -0.139. The van der Waals surface area contributed by atoms with Crippen LogP contribution >= 0.6 is 0 Å². The van der Waals surface area contributed by atoms with Crippen molar-refractivity contribution >= 4 is 17.6 Å². The number of anilines is 1. The van der Waals surface area contributed by atoms with Gasteiger partial charge in [0.25, 0.3) is 5.91 Å². The van der Waals surface area contributed by atoms with Gasteiger partial charge in [0.2, 0.25) is 0 Å². The number of carboxylic acids is 1. The molecule has 0 aromatic heterocycles. The molecule has 0 saturated heterocycles. The van der Waals surface area contributed by atoms with E-state index in [1.807, 2.05) is 19.1 Å². The van der Waals surface area contributed by atoms with Crippen molar-refractivity contribution in [3.63, 3.8) is 0 Å². The largest absolute Gasteiger partial charge is 0.480 e. The van der Waals surface area contributed by atoms with Gasteiger partial charge in [-0.1, -0.05) is 29.8 Å². The van der Waals surface area contributed by atoms with Gasteiger partial charge in [-0.2, -0.15) is 0 Å². The van der Waals surface area contributed by atoms with Crippen LogP contribution in [0.3, 0.4) is 0 Å². The SMILES string of the molecule is Cc1ccc(C(=O)Nc2ccccc2OCC(=O)O)cc1. The summed E-state index contributed by atoms with van der Waals surface area (Å²) < 4.78 is 5.14. The monoisotopic (exact) mass is 285 g/mol. The molecule has 0 aliphatic rings. The number of ether oxygens (including phenoxy) is 1. The van der Waals surface area contributed by atoms with Crippen LogP contribution in [0.1, 0.15) is 15.9 Å². The normalized spacial score (nSPS) is 9.95. The summed E-state index contributed by atoms with van der Waals surface area (Å²) in [7, 11) is 0. The van der Waals surface area contributed by atoms with Crippen molar-refractivity contribution in [1.82, 2.24) is 0 Å². The van der Waals surface area contributed by atoms with Crippen LogP contribution in [0.2, 0.25) is 0 Å². The zero-order valence-electron chi connectivity index (χ0n) is 11.5. The van der Waals surface area contributed by atoms with E-state index in [9.17, 15) is 9.59 Å². The van der Waals surface area contributed by atoms with Crippen molar-refractivity contribution < 1.29 is 19.4 Å². The van der Waals surface area contributed by atoms with Crippen molar-refractivity contribution in [3.8, 4) is 5.75 Å². The maximum atomic E-state index is 12.1. The van der Waals surface area contributed by atoms with Gasteiger partial charge in [-0.05, 0) is 31.2 Å². The smallest absolute Gasteiger partial charge is 0.341 e. The van der Waals surface area contributed by atoms with Gasteiger partial charge in [0, 0.05) is 5.56 Å². The molecule has 2 aromatic carbocycles. The van der Waals surface area contributed by atoms with E-state index < -0.39 is 12.6 Å². The van der Waals surface area contributed by atoms with Crippen LogP contribution in [0, 0.1) is 6.92 Å². The fraction of sp³-hybridized carbons (Fsp3) is 0.125. The van der Waals surface area contributed by atoms with Crippen molar-refractivity contribution in [2.45, 2.75) is 6.92 Å². The van der Waals surface area contributed by atoms with E-state index >= 15 is 0 Å². The van der Waals surface area contributed by atoms with Gasteiger partial charge in [-0.15, -0.1) is 0 Å². The molecule has 0 spiro atoms. The number of para-hydroxylation sites is 2. The molecule has 0 heterocycles. The van der Waals surface area contributed by atoms with E-state index in [1.165, 1.54) is 0 Å². The second kappa shape index (κ2) is 6.56. The maximum Gasteiger partial charge on any atom is 0.341 e. The molecule has 0 atom stereocenters. The highest BCUT2D eigenvalue weighted by atomic mass is 16.5. The second-order valence-electron chi connectivity index (χ2n) is 4.50. The standard InChI is InChI=1S/C16H15NO4/c1-11-6-8-12(9-7-11)16(20)17-13-4-2-3-5-14(13)21-10-15(18)19/h2-9H,10H2,1H3,(H,17,20)(H,18,19). The fourth-order valence-corrected chi connectivity index (χ4v) is 1.73. The Labute approximate surface area is 122 Å². The van der Waals surface area contributed by atoms with Crippen LogP contribution in [0.5, 0.6) is 5.75 Å². The molecule has 0 aliphatic carbocycles. The van der Waals surface area contributed by atoms with Crippen LogP contribution in [0.25, 0.3) is 0 Å². The summed E-state index contributed by atoms with van der Waals surface area (Å²) in [5.41, 5.74) is 2.02. The van der Waals surface area contributed by atoms with Crippen LogP contribution in [-0.4, -0.2) is 23.6 Å². The fourth-order valence-electron chi connectivity index (χ4n) is 1.73. The van der Waals surface area contributed by atoms with Crippen molar-refractivity contribution in [3.05, 3.63) is 59.7 Å². The lowest BCUT2D eigenvalue weighted by Gasteiger charge is -2.11. The lowest BCUT2D eigenvalue weighted by atomic mass is 10.1. The molecule has 2 aromatic rings. The Hall–Kier alpha value is -2.82. The minimum atomic E-state index is -1.07. The van der Waals surface area contributed by atoms with Gasteiger partial charge in [0.05, 0.1) is 5.69 Å². The number of carbonyl (C=O) groups is 2. The first-order valence-electron chi connectivity index (χ1n) is 6.38. The van der Waals surface area contributed by atoms with Gasteiger partial charge >= 0.3 is 5.97 Å². The van der Waals surface area contributed by atoms with Crippen LogP contribution in [0.4, 0.5) is 5.69 Å². The van der Waals surface area contributed by atoms with Gasteiger partial charge < -0.3 is 15.2 Å². The average molecular weight is 285 g/mol. The van der Waals surface area contributed by atoms with E-state index in [0.717, 1.165) is 5.56 Å². The molecule has 2 N–H and O–H groups in total. The van der Waals surface area contributed by atoms with Gasteiger partial charge in [0.1, 0.15) is 5.75 Å². The predicted octanol–water partition coefficient (Wildman–Crippen LogP) is 2.71. The van der Waals surface area contributed by atoms with Crippen LogP contribution < -0.4 is 10.1 Å². The zero-order valence-corrected chi connectivity index (χ0v) is 11.5. The Morgan fingerprint density at radius 2 is 1.76 bits per heavy atom. The molecular weight excluding hydrogens is 270 g/mol. The summed E-state index contributed by atoms with van der Waals surface area (Å²) >= 11 is 0. The highest BCUT2D eigenvalue weighted by molar-refractivity contribution is 6.05. The van der Waals surface area contributed by atoms with E-state index in [4.69, 9.17) is 9.84 Å². The first kappa shape index (κ1) is 14.6. The number of rotatable bonds is 5. The minimum Gasteiger partial charge on any atom is -0.480 e. The lowest BCUT2D eigenvalue weighted by Crippen LogP contribution is -2.14. The number of benzene rings is 2. The van der Waals surface area contributed by atoms with E-state index in [-0.39, 0.29) is 5.91 Å². The first-order chi connectivity index (χ1) is 10.1. The number of carboxylic acid groups (broad SMARTS) is 1. The Kier molecular flexibility index (Phi) is 4.56. The predicted molar refractivity (Wildman–Crippen MR) is 78.7 cm³/mol. The van der Waals surface area contributed by atoms with Crippen molar-refractivity contribution in [1.29, 1.82) is 0 Å². The molecule has 0 bridgehead atoms. The third kappa shape index (κ3) is 4.07. The third-order valence-corrected chi connectivity index (χ3v) is 2.80. The molecule has 1 amide bonds. The number of carbonyl (C=O) groups excluding carboxylic acids is 1. The highest BCUT2D eigenvalue weighted by Gasteiger charge is 2.10. The summed E-state index contributed by atoms with van der Waals surface area (Å²) in [6, 6.07) is 13.9. The molecule has 21 heavy (non-hydrogen) atoms. The summed E-state index contributed by atoms with van der Waals surface area (Å²) in [6.07, 6.45) is 0. The molecule has 108 valence electrons. The summed E-state index contributed by atoms with van der Waals surface area (Å²) in [5.74, 6) is -1.03. The van der Waals surface area contributed by atoms with Gasteiger partial charge in [0.15, 0.2) is 6.61 Å². The number of hydrogen-bond acceptors (Lipinski definition) is 3. The van der Waals surface area contributed by atoms with Gasteiger partial charge in [-0.25, -0.2) is 4.79 Å². The molecule has 0 aliphatic heterocycles. The Bertz CT molecular complexity index is 650. The Morgan fingerprint density at radius 3 is 2.43 bits per heavy atom. The van der Waals surface area contributed by atoms with E-state index in [0.29, 0.717) is 17.0 Å². The average Bonchev–Trinajstić information content (AvgIpc) is 2.47. The molecule has 0 saturated carbocycles. The van der Waals surface area contributed by atoms with E-state index in [2.05, 4.69) is 5.32 Å². The number of nitrogens with one attached hydrogen (secondary N) is 1. The number of aliphatic carboxylic acids is 1. The Morgan fingerprint density at radius 1 is 1.10 bits per heavy atom. The van der Waals surface area contributed by atoms with Crippen LogP contribution in [-0.2, 0) is 4.79 Å². The number of hydrogen-bond donors (Lipinski definition) is 2. The molecule has 5 heteroatoms. The topological polar surface area (TPSA) is 75.6 Å². The minimum absolute atomic E-state index is 0.277. The van der Waals surface area contributed by atoms with Crippen LogP contribution in [0.15, 0.2) is 48.5 Å². The quantitative estimate of drug-likeness (QED) is 0.885.